The van der Waals surface area contributed by atoms with E-state index in [-0.39, 0.29) is 0 Å². The predicted molar refractivity (Wildman–Crippen MR) is 65.4 cm³/mol. The zero-order valence-corrected chi connectivity index (χ0v) is 10.1. The Morgan fingerprint density at radius 3 is 2.78 bits per heavy atom. The lowest BCUT2D eigenvalue weighted by Crippen LogP contribution is -2.02. The molecular formula is C13H12N2O3. The van der Waals surface area contributed by atoms with Gasteiger partial charge in [0, 0.05) is 24.0 Å². The Morgan fingerprint density at radius 1 is 1.22 bits per heavy atom. The summed E-state index contributed by atoms with van der Waals surface area (Å²) in [7, 11) is 2.88. The van der Waals surface area contributed by atoms with E-state index in [1.165, 1.54) is 13.3 Å². The Balaban J connectivity index is 2.41. The summed E-state index contributed by atoms with van der Waals surface area (Å²) >= 11 is 0. The highest BCUT2D eigenvalue weighted by atomic mass is 16.5. The zero-order chi connectivity index (χ0) is 13.0. The van der Waals surface area contributed by atoms with Crippen molar-refractivity contribution in [3.05, 3.63) is 42.2 Å². The van der Waals surface area contributed by atoms with Crippen LogP contribution in [0.3, 0.4) is 0 Å². The first-order valence-corrected chi connectivity index (χ1v) is 5.29. The number of carbonyl (C=O) groups is 1. The molecule has 5 nitrogen and oxygen atoms in total. The van der Waals surface area contributed by atoms with E-state index in [1.807, 2.05) is 12.1 Å². The fraction of sp³-hybridized carbons (Fsp3) is 0.154. The highest BCUT2D eigenvalue weighted by Crippen LogP contribution is 2.19. The maximum atomic E-state index is 11.4. The van der Waals surface area contributed by atoms with Gasteiger partial charge in [-0.1, -0.05) is 6.07 Å². The Kier molecular flexibility index (Phi) is 3.52. The third kappa shape index (κ3) is 2.45. The smallest absolute Gasteiger partial charge is 0.339 e. The minimum atomic E-state index is -0.424. The average molecular weight is 244 g/mol. The second kappa shape index (κ2) is 5.27. The van der Waals surface area contributed by atoms with Crippen molar-refractivity contribution in [3.63, 3.8) is 0 Å². The lowest BCUT2D eigenvalue weighted by molar-refractivity contribution is 0.0600. The number of carbonyl (C=O) groups excluding carboxylic acids is 1. The molecule has 0 spiro atoms. The average Bonchev–Trinajstić information content (AvgIpc) is 2.46. The van der Waals surface area contributed by atoms with Gasteiger partial charge in [0.1, 0.15) is 0 Å². The van der Waals surface area contributed by atoms with Crippen LogP contribution in [0.5, 0.6) is 5.88 Å². The highest BCUT2D eigenvalue weighted by molar-refractivity contribution is 5.90. The molecule has 0 saturated carbocycles. The first-order chi connectivity index (χ1) is 8.74. The summed E-state index contributed by atoms with van der Waals surface area (Å²) in [5.74, 6) is 0.0863. The van der Waals surface area contributed by atoms with Gasteiger partial charge in [-0.3, -0.25) is 4.98 Å². The first kappa shape index (κ1) is 12.0. The molecule has 0 unspecified atom stereocenters. The number of nitrogens with zero attached hydrogens (tertiary/aromatic N) is 2. The number of ether oxygens (including phenoxy) is 2. The van der Waals surface area contributed by atoms with Crippen molar-refractivity contribution in [1.82, 2.24) is 9.97 Å². The van der Waals surface area contributed by atoms with Gasteiger partial charge in [-0.05, 0) is 12.1 Å². The first-order valence-electron chi connectivity index (χ1n) is 5.29. The van der Waals surface area contributed by atoms with E-state index < -0.39 is 5.97 Å². The predicted octanol–water partition coefficient (Wildman–Crippen LogP) is 1.94. The van der Waals surface area contributed by atoms with Crippen molar-refractivity contribution in [3.8, 4) is 17.1 Å². The van der Waals surface area contributed by atoms with Gasteiger partial charge in [0.25, 0.3) is 0 Å². The van der Waals surface area contributed by atoms with Crippen LogP contribution in [0.2, 0.25) is 0 Å². The molecule has 0 radical (unpaired) electrons. The topological polar surface area (TPSA) is 61.3 Å². The molecule has 0 saturated heterocycles. The van der Waals surface area contributed by atoms with Crippen LogP contribution in [0.25, 0.3) is 11.3 Å². The van der Waals surface area contributed by atoms with E-state index in [0.717, 1.165) is 5.56 Å². The largest absolute Gasteiger partial charge is 0.481 e. The summed E-state index contributed by atoms with van der Waals surface area (Å²) in [6.45, 7) is 0. The number of esters is 1. The van der Waals surface area contributed by atoms with Crippen LogP contribution < -0.4 is 4.74 Å². The van der Waals surface area contributed by atoms with Crippen molar-refractivity contribution in [1.29, 1.82) is 0 Å². The number of hydrogen-bond donors (Lipinski definition) is 0. The minimum absolute atomic E-state index is 0.389. The molecule has 0 bridgehead atoms. The summed E-state index contributed by atoms with van der Waals surface area (Å²) in [6, 6.07) is 7.08. The van der Waals surface area contributed by atoms with Crippen molar-refractivity contribution in [2.45, 2.75) is 0 Å². The van der Waals surface area contributed by atoms with E-state index in [2.05, 4.69) is 14.7 Å². The van der Waals surface area contributed by atoms with Crippen molar-refractivity contribution in [2.75, 3.05) is 14.2 Å². The van der Waals surface area contributed by atoms with Crippen LogP contribution in [-0.2, 0) is 4.74 Å². The minimum Gasteiger partial charge on any atom is -0.481 e. The SMILES string of the molecule is COC(=O)c1cncc(-c2cccc(OC)n2)c1. The lowest BCUT2D eigenvalue weighted by atomic mass is 10.1. The van der Waals surface area contributed by atoms with Crippen LogP contribution in [0, 0.1) is 0 Å². The molecule has 2 heterocycles. The van der Waals surface area contributed by atoms with E-state index in [4.69, 9.17) is 4.74 Å². The van der Waals surface area contributed by atoms with Gasteiger partial charge in [-0.15, -0.1) is 0 Å². The summed E-state index contributed by atoms with van der Waals surface area (Å²) in [5.41, 5.74) is 1.81. The standard InChI is InChI=1S/C13H12N2O3/c1-17-12-5-3-4-11(15-12)9-6-10(8-14-7-9)13(16)18-2/h3-8H,1-2H3. The molecule has 0 atom stereocenters. The Morgan fingerprint density at radius 2 is 2.06 bits per heavy atom. The molecular weight excluding hydrogens is 232 g/mol. The molecule has 2 aromatic rings. The molecule has 0 aromatic carbocycles. The van der Waals surface area contributed by atoms with Gasteiger partial charge in [0.05, 0.1) is 25.5 Å². The van der Waals surface area contributed by atoms with Crippen LogP contribution in [-0.4, -0.2) is 30.2 Å². The lowest BCUT2D eigenvalue weighted by Gasteiger charge is -2.04. The van der Waals surface area contributed by atoms with Crippen molar-refractivity contribution < 1.29 is 14.3 Å². The second-order valence-electron chi connectivity index (χ2n) is 3.52. The van der Waals surface area contributed by atoms with Crippen LogP contribution in [0.15, 0.2) is 36.7 Å². The van der Waals surface area contributed by atoms with E-state index >= 15 is 0 Å². The molecule has 18 heavy (non-hydrogen) atoms. The van der Waals surface area contributed by atoms with Gasteiger partial charge in [0.15, 0.2) is 0 Å². The van der Waals surface area contributed by atoms with Crippen LogP contribution in [0.1, 0.15) is 10.4 Å². The van der Waals surface area contributed by atoms with Gasteiger partial charge in [0.2, 0.25) is 5.88 Å². The maximum absolute atomic E-state index is 11.4. The molecule has 5 heteroatoms. The van der Waals surface area contributed by atoms with Gasteiger partial charge < -0.3 is 9.47 Å². The normalized spacial score (nSPS) is 9.89. The third-order valence-electron chi connectivity index (χ3n) is 2.39. The number of hydrogen-bond acceptors (Lipinski definition) is 5. The Labute approximate surface area is 104 Å². The van der Waals surface area contributed by atoms with Gasteiger partial charge in [-0.25, -0.2) is 9.78 Å². The van der Waals surface area contributed by atoms with Gasteiger partial charge >= 0.3 is 5.97 Å². The fourth-order valence-corrected chi connectivity index (χ4v) is 1.50. The number of rotatable bonds is 3. The highest BCUT2D eigenvalue weighted by Gasteiger charge is 2.08. The Hall–Kier alpha value is -2.43. The molecule has 2 rings (SSSR count). The molecule has 0 aliphatic carbocycles. The molecule has 0 amide bonds. The number of aromatic nitrogens is 2. The molecule has 0 fully saturated rings. The molecule has 92 valence electrons. The summed E-state index contributed by atoms with van der Waals surface area (Å²) in [5, 5.41) is 0. The van der Waals surface area contributed by atoms with Crippen molar-refractivity contribution >= 4 is 5.97 Å². The Bertz CT molecular complexity index is 570. The fourth-order valence-electron chi connectivity index (χ4n) is 1.50. The molecule has 2 aromatic heterocycles. The van der Waals surface area contributed by atoms with Crippen molar-refractivity contribution in [2.24, 2.45) is 0 Å². The molecule has 0 N–H and O–H groups in total. The van der Waals surface area contributed by atoms with Crippen LogP contribution in [0.4, 0.5) is 0 Å². The van der Waals surface area contributed by atoms with E-state index in [1.54, 1.807) is 25.4 Å². The summed E-state index contributed by atoms with van der Waals surface area (Å²) < 4.78 is 9.70. The monoisotopic (exact) mass is 244 g/mol. The number of methoxy groups -OCH3 is 2. The summed E-state index contributed by atoms with van der Waals surface area (Å²) in [4.78, 5) is 19.7. The summed E-state index contributed by atoms with van der Waals surface area (Å²) in [6.07, 6.45) is 3.09. The molecule has 0 aliphatic rings. The third-order valence-corrected chi connectivity index (χ3v) is 2.39. The van der Waals surface area contributed by atoms with E-state index in [0.29, 0.717) is 17.1 Å². The number of pyridine rings is 2. The second-order valence-corrected chi connectivity index (χ2v) is 3.52. The maximum Gasteiger partial charge on any atom is 0.339 e. The zero-order valence-electron chi connectivity index (χ0n) is 10.1. The quantitative estimate of drug-likeness (QED) is 0.772. The van der Waals surface area contributed by atoms with Gasteiger partial charge in [-0.2, -0.15) is 0 Å². The van der Waals surface area contributed by atoms with Crippen LogP contribution >= 0.6 is 0 Å². The van der Waals surface area contributed by atoms with E-state index in [9.17, 15) is 4.79 Å². The molecule has 0 aliphatic heterocycles.